The maximum atomic E-state index is 13.5. The lowest BCUT2D eigenvalue weighted by Crippen LogP contribution is -2.52. The third kappa shape index (κ3) is 9.28. The highest BCUT2D eigenvalue weighted by Gasteiger charge is 2.39. The monoisotopic (exact) mass is 640 g/mol. The van der Waals surface area contributed by atoms with E-state index in [0.29, 0.717) is 41.5 Å². The maximum Gasteiger partial charge on any atom is 0.336 e. The van der Waals surface area contributed by atoms with Gasteiger partial charge >= 0.3 is 11.9 Å². The van der Waals surface area contributed by atoms with Gasteiger partial charge in [0.05, 0.1) is 35.7 Å². The molecule has 0 saturated carbocycles. The van der Waals surface area contributed by atoms with Crippen LogP contribution in [0.3, 0.4) is 0 Å². The molecule has 46 heavy (non-hydrogen) atoms. The molecule has 2 aromatic carbocycles. The van der Waals surface area contributed by atoms with Crippen molar-refractivity contribution in [2.45, 2.75) is 52.2 Å². The van der Waals surface area contributed by atoms with Crippen LogP contribution in [0, 0.1) is 10.1 Å². The quantitative estimate of drug-likeness (QED) is 0.113. The molecule has 250 valence electrons. The summed E-state index contributed by atoms with van der Waals surface area (Å²) in [5.74, 6) is -1.96. The molecule has 0 fully saturated rings. The Morgan fingerprint density at radius 3 is 2.43 bits per heavy atom. The molecule has 0 spiro atoms. The molecule has 1 heterocycles. The number of dihydropyridines is 1. The number of rotatable bonds is 17. The number of aliphatic carboxylic acids is 1. The maximum absolute atomic E-state index is 13.5. The standard InChI is InChI=1S/C33H44N4O9/c1-7-36(20-33(4,5)34-17-24(38)19-46-27-15-10-9-14-26(27)44-6)18-25-30(32(41)45-8-2)29(28(31(39)40)21(3)35-25)22-12-11-13-23(16-22)37(42)43/h9-16,24,29,34-35,38H,7-8,17-20H2,1-6H3,(H,39,40). The number of carbonyl (C=O) groups excluding carboxylic acids is 1. The van der Waals surface area contributed by atoms with Gasteiger partial charge in [-0.25, -0.2) is 9.59 Å². The molecule has 2 unspecified atom stereocenters. The lowest BCUT2D eigenvalue weighted by atomic mass is 9.80. The molecule has 0 radical (unpaired) electrons. The van der Waals surface area contributed by atoms with Crippen molar-refractivity contribution in [1.82, 2.24) is 15.5 Å². The van der Waals surface area contributed by atoms with Crippen molar-refractivity contribution in [2.75, 3.05) is 46.5 Å². The van der Waals surface area contributed by atoms with Crippen molar-refractivity contribution in [3.8, 4) is 11.5 Å². The topological polar surface area (TPSA) is 173 Å². The number of hydrogen-bond donors (Lipinski definition) is 4. The highest BCUT2D eigenvalue weighted by Crippen LogP contribution is 2.40. The lowest BCUT2D eigenvalue weighted by molar-refractivity contribution is -0.384. The summed E-state index contributed by atoms with van der Waals surface area (Å²) in [7, 11) is 1.55. The number of benzene rings is 2. The molecule has 0 aromatic heterocycles. The van der Waals surface area contributed by atoms with Gasteiger partial charge in [-0.05, 0) is 51.9 Å². The number of carboxylic acid groups (broad SMARTS) is 1. The zero-order valence-corrected chi connectivity index (χ0v) is 27.2. The summed E-state index contributed by atoms with van der Waals surface area (Å²) in [6.07, 6.45) is -0.810. The normalized spacial score (nSPS) is 15.8. The van der Waals surface area contributed by atoms with Crippen LogP contribution in [0.4, 0.5) is 5.69 Å². The van der Waals surface area contributed by atoms with Crippen LogP contribution in [0.1, 0.15) is 46.1 Å². The van der Waals surface area contributed by atoms with E-state index in [9.17, 15) is 29.9 Å². The second kappa shape index (κ2) is 16.2. The first-order valence-corrected chi connectivity index (χ1v) is 15.1. The Hall–Kier alpha value is -4.46. The smallest absolute Gasteiger partial charge is 0.336 e. The second-order valence-corrected chi connectivity index (χ2v) is 11.6. The molecule has 13 nitrogen and oxygen atoms in total. The number of methoxy groups -OCH3 is 1. The molecule has 2 aromatic rings. The minimum Gasteiger partial charge on any atom is -0.493 e. The van der Waals surface area contributed by atoms with E-state index in [4.69, 9.17) is 14.2 Å². The molecule has 1 aliphatic rings. The van der Waals surface area contributed by atoms with E-state index in [1.807, 2.05) is 32.9 Å². The summed E-state index contributed by atoms with van der Waals surface area (Å²) in [6.45, 7) is 10.8. The van der Waals surface area contributed by atoms with E-state index in [-0.39, 0.29) is 43.1 Å². The van der Waals surface area contributed by atoms with E-state index in [1.54, 1.807) is 39.2 Å². The van der Waals surface area contributed by atoms with Crippen LogP contribution in [0.5, 0.6) is 11.5 Å². The molecule has 3 rings (SSSR count). The minimum absolute atomic E-state index is 0.0528. The molecule has 1 aliphatic heterocycles. The average molecular weight is 641 g/mol. The van der Waals surface area contributed by atoms with Gasteiger partial charge in [-0.15, -0.1) is 0 Å². The van der Waals surface area contributed by atoms with Crippen molar-refractivity contribution in [3.05, 3.63) is 86.7 Å². The first kappa shape index (κ1) is 36.0. The van der Waals surface area contributed by atoms with Gasteiger partial charge in [-0.1, -0.05) is 31.2 Å². The molecule has 0 aliphatic carbocycles. The Balaban J connectivity index is 1.84. The van der Waals surface area contributed by atoms with Crippen molar-refractivity contribution >= 4 is 17.6 Å². The number of carbonyl (C=O) groups is 2. The molecule has 4 N–H and O–H groups in total. The van der Waals surface area contributed by atoms with Gasteiger partial charge in [0.1, 0.15) is 12.7 Å². The Morgan fingerprint density at radius 1 is 1.13 bits per heavy atom. The number of nitro groups is 1. The summed E-state index contributed by atoms with van der Waals surface area (Å²) >= 11 is 0. The SMILES string of the molecule is CCOC(=O)C1=C(CN(CC)CC(C)(C)NCC(O)COc2ccccc2OC)NC(C)=C(C(=O)O)C1c1cccc([N+](=O)[O-])c1. The number of non-ortho nitro benzene ring substituents is 1. The zero-order chi connectivity index (χ0) is 34.0. The lowest BCUT2D eigenvalue weighted by Gasteiger charge is -2.36. The number of nitrogens with one attached hydrogen (secondary N) is 2. The van der Waals surface area contributed by atoms with Crippen LogP contribution < -0.4 is 20.1 Å². The van der Waals surface area contributed by atoms with E-state index in [0.717, 1.165) is 0 Å². The number of hydrogen-bond acceptors (Lipinski definition) is 11. The Bertz CT molecular complexity index is 1470. The van der Waals surface area contributed by atoms with E-state index in [1.165, 1.54) is 18.2 Å². The van der Waals surface area contributed by atoms with Gasteiger partial charge in [-0.2, -0.15) is 0 Å². The van der Waals surface area contributed by atoms with Crippen LogP contribution in [-0.2, 0) is 14.3 Å². The van der Waals surface area contributed by atoms with Crippen LogP contribution >= 0.6 is 0 Å². The Kier molecular flexibility index (Phi) is 12.7. The predicted octanol–water partition coefficient (Wildman–Crippen LogP) is 3.60. The van der Waals surface area contributed by atoms with Crippen LogP contribution in [0.15, 0.2) is 71.1 Å². The molecule has 0 saturated heterocycles. The van der Waals surface area contributed by atoms with E-state index >= 15 is 0 Å². The number of esters is 1. The van der Waals surface area contributed by atoms with Crippen LogP contribution in [0.25, 0.3) is 0 Å². The van der Waals surface area contributed by atoms with Crippen LogP contribution in [-0.4, -0.2) is 90.1 Å². The number of nitro benzene ring substituents is 1. The van der Waals surface area contributed by atoms with Crippen molar-refractivity contribution < 1.29 is 38.9 Å². The predicted molar refractivity (Wildman–Crippen MR) is 172 cm³/mol. The molecule has 0 amide bonds. The molecule has 13 heteroatoms. The fourth-order valence-corrected chi connectivity index (χ4v) is 5.40. The first-order chi connectivity index (χ1) is 21.8. The minimum atomic E-state index is -1.26. The summed E-state index contributed by atoms with van der Waals surface area (Å²) < 4.78 is 16.4. The highest BCUT2D eigenvalue weighted by molar-refractivity contribution is 5.99. The molecular weight excluding hydrogens is 596 g/mol. The van der Waals surface area contributed by atoms with Gasteiger partial charge in [0.15, 0.2) is 11.5 Å². The van der Waals surface area contributed by atoms with Crippen LogP contribution in [0.2, 0.25) is 0 Å². The molecule has 0 bridgehead atoms. The number of aliphatic hydroxyl groups is 1. The Morgan fingerprint density at radius 2 is 1.83 bits per heavy atom. The summed E-state index contributed by atoms with van der Waals surface area (Å²) in [4.78, 5) is 39.0. The third-order valence-electron chi connectivity index (χ3n) is 7.55. The zero-order valence-electron chi connectivity index (χ0n) is 27.2. The first-order valence-electron chi connectivity index (χ1n) is 15.1. The van der Waals surface area contributed by atoms with Gasteiger partial charge < -0.3 is 35.1 Å². The number of para-hydroxylation sites is 2. The van der Waals surface area contributed by atoms with E-state index < -0.39 is 34.4 Å². The van der Waals surface area contributed by atoms with Crippen molar-refractivity contribution in [2.24, 2.45) is 0 Å². The summed E-state index contributed by atoms with van der Waals surface area (Å²) in [6, 6.07) is 12.8. The number of β-amino-alcohol motifs (C(OH)–C–C–N with tert-alkyl or cyclic N) is 1. The van der Waals surface area contributed by atoms with Gasteiger partial charge in [-0.3, -0.25) is 15.0 Å². The highest BCUT2D eigenvalue weighted by atomic mass is 16.6. The third-order valence-corrected chi connectivity index (χ3v) is 7.55. The fraction of sp³-hybridized carbons (Fsp3) is 0.455. The van der Waals surface area contributed by atoms with Gasteiger partial charge in [0, 0.05) is 48.7 Å². The Labute approximate surface area is 269 Å². The van der Waals surface area contributed by atoms with Gasteiger partial charge in [0.2, 0.25) is 0 Å². The number of nitrogens with zero attached hydrogens (tertiary/aromatic N) is 2. The van der Waals surface area contributed by atoms with Crippen molar-refractivity contribution in [3.63, 3.8) is 0 Å². The van der Waals surface area contributed by atoms with E-state index in [2.05, 4.69) is 15.5 Å². The van der Waals surface area contributed by atoms with Crippen molar-refractivity contribution in [1.29, 1.82) is 0 Å². The number of carboxylic acids is 1. The summed E-state index contributed by atoms with van der Waals surface area (Å²) in [5, 5.41) is 38.9. The second-order valence-electron chi connectivity index (χ2n) is 11.6. The molecular formula is C33H44N4O9. The van der Waals surface area contributed by atoms with Gasteiger partial charge in [0.25, 0.3) is 5.69 Å². The summed E-state index contributed by atoms with van der Waals surface area (Å²) in [5.41, 5.74) is 0.320. The number of allylic oxidation sites excluding steroid dienone is 1. The number of aliphatic hydroxyl groups excluding tert-OH is 1. The molecule has 2 atom stereocenters. The largest absolute Gasteiger partial charge is 0.493 e. The average Bonchev–Trinajstić information content (AvgIpc) is 3.02. The fourth-order valence-electron chi connectivity index (χ4n) is 5.40. The number of likely N-dealkylation sites (N-methyl/N-ethyl adjacent to an activating group) is 1. The number of ether oxygens (including phenoxy) is 3.